The van der Waals surface area contributed by atoms with Crippen molar-refractivity contribution in [2.45, 2.75) is 13.8 Å². The molecule has 2 aromatic carbocycles. The van der Waals surface area contributed by atoms with Gasteiger partial charge in [-0.3, -0.25) is 0 Å². The monoisotopic (exact) mass is 393 g/mol. The number of halogens is 1. The maximum Gasteiger partial charge on any atom is 0.343 e. The van der Waals surface area contributed by atoms with Gasteiger partial charge in [0.1, 0.15) is 23.7 Å². The lowest BCUT2D eigenvalue weighted by molar-refractivity contribution is 0.0682. The average Bonchev–Trinajstić information content (AvgIpc) is 2.66. The van der Waals surface area contributed by atoms with Crippen molar-refractivity contribution in [3.63, 3.8) is 0 Å². The average molecular weight is 394 g/mol. The van der Waals surface area contributed by atoms with Crippen LogP contribution in [0.2, 0.25) is 0 Å². The molecule has 7 heteroatoms. The maximum atomic E-state index is 12.1. The van der Waals surface area contributed by atoms with Crippen LogP contribution in [0.15, 0.2) is 48.5 Å². The molecule has 2 aromatic rings. The number of benzene rings is 2. The van der Waals surface area contributed by atoms with E-state index in [1.54, 1.807) is 30.3 Å². The summed E-state index contributed by atoms with van der Waals surface area (Å²) in [4.78, 5) is 25.8. The van der Waals surface area contributed by atoms with Gasteiger partial charge in [-0.1, -0.05) is 32.0 Å². The van der Waals surface area contributed by atoms with E-state index in [1.165, 1.54) is 18.2 Å². The number of rotatable bonds is 9. The van der Waals surface area contributed by atoms with Gasteiger partial charge in [-0.05, 0) is 43.4 Å². The molecule has 0 radical (unpaired) electrons. The predicted octanol–water partition coefficient (Wildman–Crippen LogP) is 3.75. The highest BCUT2D eigenvalue weighted by Gasteiger charge is 2.15. The second-order valence-electron chi connectivity index (χ2n) is 5.59. The molecule has 0 fully saturated rings. The van der Waals surface area contributed by atoms with Crippen LogP contribution >= 0.6 is 12.4 Å². The van der Waals surface area contributed by atoms with E-state index < -0.39 is 11.9 Å². The normalized spacial score (nSPS) is 10.2. The Labute approximate surface area is 165 Å². The summed E-state index contributed by atoms with van der Waals surface area (Å²) in [5.41, 5.74) is 0.354. The number of aromatic carboxylic acids is 1. The number of hydrogen-bond donors (Lipinski definition) is 1. The molecule has 0 heterocycles. The summed E-state index contributed by atoms with van der Waals surface area (Å²) in [7, 11) is 0. The molecule has 1 N–H and O–H groups in total. The van der Waals surface area contributed by atoms with Crippen LogP contribution in [0.4, 0.5) is 0 Å². The number of ether oxygens (including phenoxy) is 2. The molecule has 0 saturated heterocycles. The second kappa shape index (κ2) is 11.2. The first-order valence-electron chi connectivity index (χ1n) is 8.54. The van der Waals surface area contributed by atoms with E-state index in [0.29, 0.717) is 18.7 Å². The lowest BCUT2D eigenvalue weighted by atomic mass is 10.2. The van der Waals surface area contributed by atoms with Crippen LogP contribution in [0.5, 0.6) is 11.5 Å². The van der Waals surface area contributed by atoms with Crippen molar-refractivity contribution in [3.8, 4) is 11.5 Å². The van der Waals surface area contributed by atoms with Crippen LogP contribution in [0.3, 0.4) is 0 Å². The van der Waals surface area contributed by atoms with E-state index in [0.717, 1.165) is 13.1 Å². The molecular formula is C20H24ClNO5. The van der Waals surface area contributed by atoms with Gasteiger partial charge in [0.15, 0.2) is 0 Å². The number of carboxylic acid groups (broad SMARTS) is 1. The van der Waals surface area contributed by atoms with Gasteiger partial charge in [-0.25, -0.2) is 9.59 Å². The molecule has 27 heavy (non-hydrogen) atoms. The zero-order chi connectivity index (χ0) is 18.9. The maximum absolute atomic E-state index is 12.1. The number of likely N-dealkylation sites (N-methyl/N-ethyl adjacent to an activating group) is 1. The molecule has 0 atom stereocenters. The highest BCUT2D eigenvalue weighted by molar-refractivity contribution is 5.93. The molecule has 0 bridgehead atoms. The summed E-state index contributed by atoms with van der Waals surface area (Å²) in [6.45, 7) is 7.01. The van der Waals surface area contributed by atoms with Crippen molar-refractivity contribution in [2.75, 3.05) is 26.2 Å². The number of carbonyl (C=O) groups excluding carboxylic acids is 1. The molecule has 0 aliphatic rings. The Balaban J connectivity index is 0.00000364. The predicted molar refractivity (Wildman–Crippen MR) is 105 cm³/mol. The molecule has 0 amide bonds. The standard InChI is InChI=1S/C20H23NO5.ClH/c1-3-21(4-2)12-13-25-18-11-10-16(14-17(18)19(22)23)26-20(24)15-8-6-5-7-9-15;/h5-11,14H,3-4,12-13H2,1-2H3,(H,22,23);1H. The Hall–Kier alpha value is -2.57. The molecule has 0 aliphatic carbocycles. The van der Waals surface area contributed by atoms with Crippen LogP contribution in [0.1, 0.15) is 34.6 Å². The smallest absolute Gasteiger partial charge is 0.343 e. The molecule has 0 unspecified atom stereocenters. The topological polar surface area (TPSA) is 76.1 Å². The van der Waals surface area contributed by atoms with Gasteiger partial charge >= 0.3 is 11.9 Å². The van der Waals surface area contributed by atoms with Crippen molar-refractivity contribution < 1.29 is 24.2 Å². The van der Waals surface area contributed by atoms with E-state index >= 15 is 0 Å². The van der Waals surface area contributed by atoms with Crippen LogP contribution < -0.4 is 9.47 Å². The Bertz CT molecular complexity index is 747. The van der Waals surface area contributed by atoms with Crippen LogP contribution in [-0.4, -0.2) is 48.2 Å². The van der Waals surface area contributed by atoms with E-state index in [2.05, 4.69) is 18.7 Å². The third kappa shape index (κ3) is 6.58. The molecule has 0 aromatic heterocycles. The van der Waals surface area contributed by atoms with Crippen LogP contribution in [0, 0.1) is 0 Å². The number of carbonyl (C=O) groups is 2. The largest absolute Gasteiger partial charge is 0.491 e. The van der Waals surface area contributed by atoms with Gasteiger partial charge < -0.3 is 19.5 Å². The third-order valence-electron chi connectivity index (χ3n) is 3.96. The van der Waals surface area contributed by atoms with E-state index in [4.69, 9.17) is 9.47 Å². The Morgan fingerprint density at radius 1 is 1.04 bits per heavy atom. The SMILES string of the molecule is CCN(CC)CCOc1ccc(OC(=O)c2ccccc2)cc1C(=O)O.Cl. The zero-order valence-electron chi connectivity index (χ0n) is 15.4. The van der Waals surface area contributed by atoms with Crippen molar-refractivity contribution >= 4 is 24.3 Å². The van der Waals surface area contributed by atoms with Gasteiger partial charge in [0.05, 0.1) is 5.56 Å². The molecule has 146 valence electrons. The molecule has 0 saturated carbocycles. The Morgan fingerprint density at radius 2 is 1.70 bits per heavy atom. The molecule has 6 nitrogen and oxygen atoms in total. The van der Waals surface area contributed by atoms with Crippen molar-refractivity contribution in [2.24, 2.45) is 0 Å². The quantitative estimate of drug-likeness (QED) is 0.516. The minimum Gasteiger partial charge on any atom is -0.491 e. The Morgan fingerprint density at radius 3 is 2.30 bits per heavy atom. The first kappa shape index (κ1) is 22.5. The van der Waals surface area contributed by atoms with E-state index in [-0.39, 0.29) is 29.5 Å². The second-order valence-corrected chi connectivity index (χ2v) is 5.59. The minimum absolute atomic E-state index is 0. The zero-order valence-corrected chi connectivity index (χ0v) is 16.2. The van der Waals surface area contributed by atoms with Gasteiger partial charge in [-0.2, -0.15) is 0 Å². The number of esters is 1. The summed E-state index contributed by atoms with van der Waals surface area (Å²) in [6, 6.07) is 12.9. The van der Waals surface area contributed by atoms with Gasteiger partial charge in [0.2, 0.25) is 0 Å². The van der Waals surface area contributed by atoms with E-state index in [1.807, 2.05) is 0 Å². The first-order chi connectivity index (χ1) is 12.5. The van der Waals surface area contributed by atoms with Crippen molar-refractivity contribution in [1.29, 1.82) is 0 Å². The Kier molecular flexibility index (Phi) is 9.33. The molecule has 0 spiro atoms. The highest BCUT2D eigenvalue weighted by atomic mass is 35.5. The summed E-state index contributed by atoms with van der Waals surface area (Å²) in [6.07, 6.45) is 0. The fourth-order valence-electron chi connectivity index (χ4n) is 2.43. The van der Waals surface area contributed by atoms with Crippen LogP contribution in [-0.2, 0) is 0 Å². The van der Waals surface area contributed by atoms with E-state index in [9.17, 15) is 14.7 Å². The summed E-state index contributed by atoms with van der Waals surface area (Å²) in [5, 5.41) is 9.41. The molecule has 2 rings (SSSR count). The van der Waals surface area contributed by atoms with Gasteiger partial charge in [0.25, 0.3) is 0 Å². The van der Waals surface area contributed by atoms with Crippen molar-refractivity contribution in [3.05, 3.63) is 59.7 Å². The fourth-order valence-corrected chi connectivity index (χ4v) is 2.43. The number of carboxylic acids is 1. The van der Waals surface area contributed by atoms with Gasteiger partial charge in [0, 0.05) is 6.54 Å². The van der Waals surface area contributed by atoms with Crippen LogP contribution in [0.25, 0.3) is 0 Å². The molecule has 0 aliphatic heterocycles. The summed E-state index contributed by atoms with van der Waals surface area (Å²) < 4.78 is 10.9. The molecular weight excluding hydrogens is 370 g/mol. The highest BCUT2D eigenvalue weighted by Crippen LogP contribution is 2.25. The lowest BCUT2D eigenvalue weighted by Gasteiger charge is -2.18. The van der Waals surface area contributed by atoms with Crippen molar-refractivity contribution in [1.82, 2.24) is 4.90 Å². The van der Waals surface area contributed by atoms with Gasteiger partial charge in [-0.15, -0.1) is 12.4 Å². The summed E-state index contributed by atoms with van der Waals surface area (Å²) in [5.74, 6) is -1.27. The number of nitrogens with zero attached hydrogens (tertiary/aromatic N) is 1. The lowest BCUT2D eigenvalue weighted by Crippen LogP contribution is -2.28. The first-order valence-corrected chi connectivity index (χ1v) is 8.54. The minimum atomic E-state index is -1.14. The fraction of sp³-hybridized carbons (Fsp3) is 0.300. The number of hydrogen-bond acceptors (Lipinski definition) is 5. The third-order valence-corrected chi connectivity index (χ3v) is 3.96. The summed E-state index contributed by atoms with van der Waals surface area (Å²) >= 11 is 0.